The lowest BCUT2D eigenvalue weighted by Gasteiger charge is -2.39. The number of thioether (sulfide) groups is 1. The van der Waals surface area contributed by atoms with Gasteiger partial charge < -0.3 is 14.2 Å². The van der Waals surface area contributed by atoms with Crippen LogP contribution in [0.3, 0.4) is 0 Å². The van der Waals surface area contributed by atoms with E-state index in [1.54, 1.807) is 18.9 Å². The van der Waals surface area contributed by atoms with E-state index in [-0.39, 0.29) is 12.5 Å². The van der Waals surface area contributed by atoms with Crippen molar-refractivity contribution in [3.8, 4) is 11.5 Å². The molecular weight excluding hydrogens is 464 g/mol. The molecule has 2 aromatic carbocycles. The zero-order valence-corrected chi connectivity index (χ0v) is 21.3. The van der Waals surface area contributed by atoms with Gasteiger partial charge in [-0.25, -0.2) is 9.79 Å². The number of benzene rings is 2. The second-order valence-electron chi connectivity index (χ2n) is 8.84. The lowest BCUT2D eigenvalue weighted by Crippen LogP contribution is -2.45. The number of methoxy groups -OCH3 is 1. The van der Waals surface area contributed by atoms with Crippen LogP contribution in [0.1, 0.15) is 44.4 Å². The summed E-state index contributed by atoms with van der Waals surface area (Å²) in [6.07, 6.45) is 0.373. The van der Waals surface area contributed by atoms with Crippen molar-refractivity contribution in [2.75, 3.05) is 19.5 Å². The van der Waals surface area contributed by atoms with Gasteiger partial charge in [0.15, 0.2) is 16.7 Å². The van der Waals surface area contributed by atoms with Gasteiger partial charge in [0, 0.05) is 12.2 Å². The van der Waals surface area contributed by atoms with Gasteiger partial charge in [-0.05, 0) is 36.1 Å². The number of hydrogen-bond donors (Lipinski definition) is 0. The first-order chi connectivity index (χ1) is 16.9. The first-order valence-electron chi connectivity index (χ1n) is 11.6. The molecule has 0 spiro atoms. The van der Waals surface area contributed by atoms with Crippen molar-refractivity contribution in [3.05, 3.63) is 70.9 Å². The highest BCUT2D eigenvalue weighted by molar-refractivity contribution is 8.14. The number of esters is 1. The lowest BCUT2D eigenvalue weighted by atomic mass is 9.93. The summed E-state index contributed by atoms with van der Waals surface area (Å²) in [5.41, 5.74) is 2.50. The minimum Gasteiger partial charge on any atom is -0.493 e. The van der Waals surface area contributed by atoms with E-state index in [1.807, 2.05) is 48.5 Å². The van der Waals surface area contributed by atoms with E-state index < -0.39 is 12.0 Å². The molecule has 4 rings (SSSR count). The molecule has 184 valence electrons. The monoisotopic (exact) mass is 494 g/mol. The number of amidine groups is 1. The van der Waals surface area contributed by atoms with Crippen molar-refractivity contribution in [1.82, 2.24) is 4.90 Å². The van der Waals surface area contributed by atoms with E-state index >= 15 is 0 Å². The largest absolute Gasteiger partial charge is 0.493 e. The second kappa shape index (κ2) is 11.0. The predicted octanol–water partition coefficient (Wildman–Crippen LogP) is 5.12. The molecule has 35 heavy (non-hydrogen) atoms. The van der Waals surface area contributed by atoms with Gasteiger partial charge in [-0.1, -0.05) is 62.0 Å². The SMILES string of the molecule is COc1cc([C@@H]2C(C(=O)OCc3ccccc3)=C(C)N=C3SCCC(=O)N32)ccc1OCC(C)C. The standard InChI is InChI=1S/C27H30N2O5S/c1-17(2)15-33-21-11-10-20(14-22(21)32-4)25-24(26(31)34-16-19-8-6-5-7-9-19)18(3)28-27-29(25)23(30)12-13-35-27/h5-11,14,17,25H,12-13,15-16H2,1-4H3/t25-/m1/s1. The Morgan fingerprint density at radius 3 is 2.66 bits per heavy atom. The van der Waals surface area contributed by atoms with Crippen LogP contribution in [-0.4, -0.2) is 41.4 Å². The molecule has 7 nitrogen and oxygen atoms in total. The number of allylic oxidation sites excluding steroid dienone is 1. The molecule has 0 saturated carbocycles. The smallest absolute Gasteiger partial charge is 0.338 e. The molecule has 1 saturated heterocycles. The Kier molecular flexibility index (Phi) is 7.80. The van der Waals surface area contributed by atoms with Crippen LogP contribution in [0.15, 0.2) is 64.8 Å². The Morgan fingerprint density at radius 1 is 1.17 bits per heavy atom. The Hall–Kier alpha value is -3.26. The average Bonchev–Trinajstić information content (AvgIpc) is 2.86. The lowest BCUT2D eigenvalue weighted by molar-refractivity contribution is -0.141. The normalized spacial score (nSPS) is 17.7. The molecule has 0 aromatic heterocycles. The Bertz CT molecular complexity index is 1160. The number of fused-ring (bicyclic) bond motifs is 1. The van der Waals surface area contributed by atoms with Crippen molar-refractivity contribution < 1.29 is 23.8 Å². The topological polar surface area (TPSA) is 77.4 Å². The van der Waals surface area contributed by atoms with Crippen LogP contribution in [0.5, 0.6) is 11.5 Å². The maximum absolute atomic E-state index is 13.4. The average molecular weight is 495 g/mol. The maximum atomic E-state index is 13.4. The van der Waals surface area contributed by atoms with Crippen LogP contribution >= 0.6 is 11.8 Å². The summed E-state index contributed by atoms with van der Waals surface area (Å²) in [6.45, 7) is 6.61. The predicted molar refractivity (Wildman–Crippen MR) is 136 cm³/mol. The molecule has 0 radical (unpaired) electrons. The van der Waals surface area contributed by atoms with Crippen LogP contribution in [0.4, 0.5) is 0 Å². The molecule has 0 unspecified atom stereocenters. The first-order valence-corrected chi connectivity index (χ1v) is 12.6. The van der Waals surface area contributed by atoms with Crippen molar-refractivity contribution in [2.24, 2.45) is 10.9 Å². The van der Waals surface area contributed by atoms with Gasteiger partial charge in [-0.15, -0.1) is 0 Å². The number of aliphatic imine (C=N–C) groups is 1. The van der Waals surface area contributed by atoms with Crippen molar-refractivity contribution in [3.63, 3.8) is 0 Å². The van der Waals surface area contributed by atoms with Crippen LogP contribution < -0.4 is 9.47 Å². The number of ether oxygens (including phenoxy) is 3. The molecular formula is C27H30N2O5S. The van der Waals surface area contributed by atoms with Gasteiger partial charge in [0.25, 0.3) is 0 Å². The quantitative estimate of drug-likeness (QED) is 0.474. The van der Waals surface area contributed by atoms with Gasteiger partial charge in [0.1, 0.15) is 6.61 Å². The Morgan fingerprint density at radius 2 is 1.94 bits per heavy atom. The number of amides is 1. The van der Waals surface area contributed by atoms with Crippen LogP contribution in [0.2, 0.25) is 0 Å². The van der Waals surface area contributed by atoms with Crippen molar-refractivity contribution in [1.29, 1.82) is 0 Å². The molecule has 0 bridgehead atoms. The van der Waals surface area contributed by atoms with E-state index in [0.717, 1.165) is 11.1 Å². The van der Waals surface area contributed by atoms with Gasteiger partial charge in [-0.3, -0.25) is 9.69 Å². The number of carbonyl (C=O) groups excluding carboxylic acids is 2. The van der Waals surface area contributed by atoms with Crippen LogP contribution in [0.25, 0.3) is 0 Å². The third-order valence-corrected chi connectivity index (χ3v) is 6.67. The minimum atomic E-state index is -0.667. The summed E-state index contributed by atoms with van der Waals surface area (Å²) in [6, 6.07) is 14.4. The zero-order chi connectivity index (χ0) is 24.9. The van der Waals surface area contributed by atoms with Gasteiger partial charge >= 0.3 is 5.97 Å². The molecule has 1 fully saturated rings. The highest BCUT2D eigenvalue weighted by Crippen LogP contribution is 2.42. The molecule has 0 N–H and O–H groups in total. The van der Waals surface area contributed by atoms with E-state index in [2.05, 4.69) is 18.8 Å². The third kappa shape index (κ3) is 5.53. The number of nitrogens with zero attached hydrogens (tertiary/aromatic N) is 2. The molecule has 0 aliphatic carbocycles. The van der Waals surface area contributed by atoms with Crippen LogP contribution in [0, 0.1) is 5.92 Å². The molecule has 8 heteroatoms. The summed E-state index contributed by atoms with van der Waals surface area (Å²) in [5.74, 6) is 1.60. The van der Waals surface area contributed by atoms with Gasteiger partial charge in [-0.2, -0.15) is 0 Å². The van der Waals surface area contributed by atoms with Crippen LogP contribution in [-0.2, 0) is 20.9 Å². The number of hydrogen-bond acceptors (Lipinski definition) is 7. The van der Waals surface area contributed by atoms with E-state index in [0.29, 0.717) is 52.6 Å². The van der Waals surface area contributed by atoms with Crippen molar-refractivity contribution >= 4 is 28.8 Å². The summed E-state index contributed by atoms with van der Waals surface area (Å²) in [4.78, 5) is 32.7. The fourth-order valence-corrected chi connectivity index (χ4v) is 5.01. The minimum absolute atomic E-state index is 0.0764. The molecule has 2 aliphatic rings. The number of rotatable bonds is 8. The number of carbonyl (C=O) groups is 2. The van der Waals surface area contributed by atoms with Crippen molar-refractivity contribution in [2.45, 2.75) is 39.8 Å². The third-order valence-electron chi connectivity index (χ3n) is 5.71. The Balaban J connectivity index is 1.71. The molecule has 2 aliphatic heterocycles. The summed E-state index contributed by atoms with van der Waals surface area (Å²) >= 11 is 1.51. The van der Waals surface area contributed by atoms with E-state index in [9.17, 15) is 9.59 Å². The second-order valence-corrected chi connectivity index (χ2v) is 9.90. The van der Waals surface area contributed by atoms with Gasteiger partial charge in [0.2, 0.25) is 5.91 Å². The molecule has 1 atom stereocenters. The Labute approximate surface area is 210 Å². The molecule has 1 amide bonds. The van der Waals surface area contributed by atoms with Gasteiger partial charge in [0.05, 0.1) is 31.0 Å². The maximum Gasteiger partial charge on any atom is 0.338 e. The highest BCUT2D eigenvalue weighted by atomic mass is 32.2. The highest BCUT2D eigenvalue weighted by Gasteiger charge is 2.42. The first kappa shape index (κ1) is 24.9. The summed E-state index contributed by atoms with van der Waals surface area (Å²) in [5, 5.41) is 0.600. The fraction of sp³-hybridized carbons (Fsp3) is 0.370. The zero-order valence-electron chi connectivity index (χ0n) is 20.4. The molecule has 2 aromatic rings. The fourth-order valence-electron chi connectivity index (χ4n) is 4.00. The van der Waals surface area contributed by atoms with E-state index in [1.165, 1.54) is 11.8 Å². The van der Waals surface area contributed by atoms with E-state index in [4.69, 9.17) is 14.2 Å². The molecule has 2 heterocycles. The summed E-state index contributed by atoms with van der Waals surface area (Å²) < 4.78 is 17.2. The summed E-state index contributed by atoms with van der Waals surface area (Å²) in [7, 11) is 1.58.